The molecule has 0 bridgehead atoms. The van der Waals surface area contributed by atoms with E-state index in [-0.39, 0.29) is 29.2 Å². The Balaban J connectivity index is 2.09. The van der Waals surface area contributed by atoms with Gasteiger partial charge in [-0.1, -0.05) is 41.4 Å². The number of rotatable bonds is 6. The summed E-state index contributed by atoms with van der Waals surface area (Å²) in [5.41, 5.74) is 0.000622. The Kier molecular flexibility index (Phi) is 7.44. The van der Waals surface area contributed by atoms with Gasteiger partial charge in [-0.3, -0.25) is 0 Å². The van der Waals surface area contributed by atoms with E-state index in [1.165, 1.54) is 6.07 Å². The maximum atomic E-state index is 13.3. The van der Waals surface area contributed by atoms with Crippen LogP contribution in [-0.4, -0.2) is 0 Å². The third-order valence-corrected chi connectivity index (χ3v) is 5.49. The van der Waals surface area contributed by atoms with Crippen molar-refractivity contribution in [1.82, 2.24) is 0 Å². The van der Waals surface area contributed by atoms with Crippen LogP contribution in [-0.2, 0) is 12.8 Å². The molecule has 30 heavy (non-hydrogen) atoms. The summed E-state index contributed by atoms with van der Waals surface area (Å²) in [6.07, 6.45) is -4.67. The minimum atomic E-state index is -4.67. The Labute approximate surface area is 192 Å². The number of alkyl halides is 3. The van der Waals surface area contributed by atoms with Crippen molar-refractivity contribution in [3.8, 4) is 22.6 Å². The van der Waals surface area contributed by atoms with Crippen LogP contribution in [0.4, 0.5) is 17.1 Å². The van der Waals surface area contributed by atoms with E-state index in [1.807, 2.05) is 0 Å². The van der Waals surface area contributed by atoms with E-state index in [9.17, 15) is 17.1 Å². The third-order valence-electron chi connectivity index (χ3n) is 4.05. The van der Waals surface area contributed by atoms with Crippen molar-refractivity contribution < 1.29 is 26.0 Å². The molecule has 0 atom stereocenters. The van der Waals surface area contributed by atoms with E-state index in [0.29, 0.717) is 9.50 Å². The number of hydrogen-bond acceptors (Lipinski definition) is 3. The molecular weight excluding hydrogens is 531 g/mol. The summed E-state index contributed by atoms with van der Waals surface area (Å²) in [6.45, 7) is 0.105. The molecule has 0 spiro atoms. The predicted octanol–water partition coefficient (Wildman–Crippen LogP) is 8.93. The maximum Gasteiger partial charge on any atom is 0.417 e. The Morgan fingerprint density at radius 3 is 2.30 bits per heavy atom. The highest BCUT2D eigenvalue weighted by molar-refractivity contribution is 9.10. The fourth-order valence-corrected chi connectivity index (χ4v) is 3.79. The molecule has 0 heterocycles. The van der Waals surface area contributed by atoms with Gasteiger partial charge in [0.1, 0.15) is 12.4 Å². The zero-order valence-corrected chi connectivity index (χ0v) is 18.7. The lowest BCUT2D eigenvalue weighted by molar-refractivity contribution is -0.137. The van der Waals surface area contributed by atoms with Crippen molar-refractivity contribution in [2.45, 2.75) is 12.8 Å². The van der Waals surface area contributed by atoms with Gasteiger partial charge in [0.15, 0.2) is 5.75 Å². The highest BCUT2D eigenvalue weighted by atomic mass is 79.9. The van der Waals surface area contributed by atoms with Crippen molar-refractivity contribution in [3.63, 3.8) is 0 Å². The lowest BCUT2D eigenvalue weighted by Crippen LogP contribution is -2.06. The highest BCUT2D eigenvalue weighted by Crippen LogP contribution is 2.47. The average Bonchev–Trinajstić information content (AvgIpc) is 2.69. The first-order valence-corrected chi connectivity index (χ1v) is 10.4. The minimum Gasteiger partial charge on any atom is -0.488 e. The van der Waals surface area contributed by atoms with E-state index < -0.39 is 29.2 Å². The first-order valence-electron chi connectivity index (χ1n) is 8.23. The van der Waals surface area contributed by atoms with E-state index >= 15 is 0 Å². The zero-order chi connectivity index (χ0) is 21.9. The van der Waals surface area contributed by atoms with Crippen LogP contribution in [0.5, 0.6) is 11.5 Å². The van der Waals surface area contributed by atoms with Crippen molar-refractivity contribution >= 4 is 51.6 Å². The van der Waals surface area contributed by atoms with Crippen LogP contribution in [0.3, 0.4) is 0 Å². The summed E-state index contributed by atoms with van der Waals surface area (Å²) in [5, 5.41) is 0.104. The van der Waals surface area contributed by atoms with Gasteiger partial charge in [0.25, 0.3) is 12.4 Å². The monoisotopic (exact) mass is 540 g/mol. The van der Waals surface area contributed by atoms with E-state index in [2.05, 4.69) is 15.9 Å². The van der Waals surface area contributed by atoms with Crippen LogP contribution >= 0.6 is 51.6 Å². The Bertz CT molecular complexity index is 1050. The second-order valence-corrected chi connectivity index (χ2v) is 7.99. The third kappa shape index (κ3) is 5.35. The maximum absolute atomic E-state index is 13.3. The van der Waals surface area contributed by atoms with Crippen LogP contribution < -0.4 is 8.92 Å². The number of halogens is 7. The molecule has 3 aromatic carbocycles. The molecule has 0 aliphatic carbocycles. The van der Waals surface area contributed by atoms with Crippen molar-refractivity contribution in [1.29, 1.82) is 0 Å². The largest absolute Gasteiger partial charge is 0.488 e. The second-order valence-electron chi connectivity index (χ2n) is 6.00. The van der Waals surface area contributed by atoms with Gasteiger partial charge in [0.2, 0.25) is 0 Å². The average molecular weight is 542 g/mol. The Hall–Kier alpha value is -1.61. The van der Waals surface area contributed by atoms with Gasteiger partial charge in [-0.25, -0.2) is 0 Å². The van der Waals surface area contributed by atoms with Gasteiger partial charge < -0.3 is 8.92 Å². The molecule has 0 saturated heterocycles. The predicted molar refractivity (Wildman–Crippen MR) is 115 cm³/mol. The number of ether oxygens (including phenoxy) is 1. The molecule has 10 heteroatoms. The summed E-state index contributed by atoms with van der Waals surface area (Å²) in [4.78, 5) is 0. The molecule has 0 unspecified atom stereocenters. The molecule has 3 rings (SSSR count). The molecule has 0 saturated carbocycles. The van der Waals surface area contributed by atoms with Gasteiger partial charge in [0, 0.05) is 5.02 Å². The molecule has 0 aliphatic rings. The molecule has 3 aromatic rings. The van der Waals surface area contributed by atoms with Crippen LogP contribution in [0.1, 0.15) is 11.1 Å². The Morgan fingerprint density at radius 2 is 1.67 bits per heavy atom. The first-order chi connectivity index (χ1) is 14.2. The lowest BCUT2D eigenvalue weighted by Gasteiger charge is -2.18. The van der Waals surface area contributed by atoms with Gasteiger partial charge in [-0.2, -0.15) is 13.2 Å². The summed E-state index contributed by atoms with van der Waals surface area (Å²) in [6, 6.07) is 13.3. The van der Waals surface area contributed by atoms with Crippen molar-refractivity contribution in [2.24, 2.45) is 0 Å². The summed E-state index contributed by atoms with van der Waals surface area (Å²) < 4.78 is 64.1. The molecule has 0 fully saturated rings. The van der Waals surface area contributed by atoms with Gasteiger partial charge in [-0.05, 0) is 63.5 Å². The van der Waals surface area contributed by atoms with Gasteiger partial charge >= 0.3 is 6.18 Å². The number of benzene rings is 3. The first kappa shape index (κ1) is 23.1. The van der Waals surface area contributed by atoms with Crippen molar-refractivity contribution in [3.05, 3.63) is 80.2 Å². The molecule has 0 amide bonds. The standard InChI is InChI=1S/C20H11BrCl2F4O2S/c21-15-6-8-17(28-10-11-1-4-13(22)5-2-11)18(19(15)29-30-27)12-3-7-16(23)14(9-12)20(24,25)26/h1-9H,10H2. The van der Waals surface area contributed by atoms with Gasteiger partial charge in [0.05, 0.1) is 20.6 Å². The van der Waals surface area contributed by atoms with Crippen molar-refractivity contribution in [2.75, 3.05) is 0 Å². The molecule has 0 radical (unpaired) electrons. The number of hydrogen-bond donors (Lipinski definition) is 0. The van der Waals surface area contributed by atoms with Crippen LogP contribution in [0.2, 0.25) is 10.0 Å². The molecule has 158 valence electrons. The minimum absolute atomic E-state index is 0.0217. The fraction of sp³-hybridized carbons (Fsp3) is 0.100. The second kappa shape index (κ2) is 9.68. The lowest BCUT2D eigenvalue weighted by atomic mass is 10.0. The summed E-state index contributed by atoms with van der Waals surface area (Å²) in [5.74, 6) is 0.180. The SMILES string of the molecule is FSOc1c(Br)ccc(OCc2ccc(Cl)cc2)c1-c1ccc(Cl)c(C(F)(F)F)c1. The smallest absolute Gasteiger partial charge is 0.417 e. The van der Waals surface area contributed by atoms with Crippen LogP contribution in [0.25, 0.3) is 11.1 Å². The van der Waals surface area contributed by atoms with E-state index in [1.54, 1.807) is 36.4 Å². The molecule has 0 aromatic heterocycles. The molecule has 0 aliphatic heterocycles. The molecule has 2 nitrogen and oxygen atoms in total. The quantitative estimate of drug-likeness (QED) is 0.229. The fourth-order valence-electron chi connectivity index (χ4n) is 2.69. The summed E-state index contributed by atoms with van der Waals surface area (Å²) >= 11 is 14.4. The van der Waals surface area contributed by atoms with Crippen LogP contribution in [0.15, 0.2) is 59.1 Å². The zero-order valence-electron chi connectivity index (χ0n) is 14.8. The molecule has 0 N–H and O–H groups in total. The highest BCUT2D eigenvalue weighted by Gasteiger charge is 2.34. The van der Waals surface area contributed by atoms with Gasteiger partial charge in [-0.15, -0.1) is 3.89 Å². The molecular formula is C20H11BrCl2F4O2S. The van der Waals surface area contributed by atoms with E-state index in [4.69, 9.17) is 32.1 Å². The topological polar surface area (TPSA) is 18.5 Å². The normalized spacial score (nSPS) is 11.4. The van der Waals surface area contributed by atoms with Crippen LogP contribution in [0, 0.1) is 0 Å². The summed E-state index contributed by atoms with van der Waals surface area (Å²) in [7, 11) is 0. The Morgan fingerprint density at radius 1 is 0.967 bits per heavy atom. The van der Waals surface area contributed by atoms with E-state index in [0.717, 1.165) is 17.7 Å².